The van der Waals surface area contributed by atoms with E-state index in [1.165, 1.54) is 0 Å². The lowest BCUT2D eigenvalue weighted by Crippen LogP contribution is -2.32. The van der Waals surface area contributed by atoms with Gasteiger partial charge in [0.05, 0.1) is 26.5 Å². The maximum absolute atomic E-state index is 12.5. The summed E-state index contributed by atoms with van der Waals surface area (Å²) in [5.41, 5.74) is 6.55. The number of rotatable bonds is 3. The zero-order valence-electron chi connectivity index (χ0n) is 14.0. The number of carbonyl (C=O) groups excluding carboxylic acids is 2. The average Bonchev–Trinajstić information content (AvgIpc) is 2.90. The molecule has 138 valence electrons. The van der Waals surface area contributed by atoms with Gasteiger partial charge in [-0.3, -0.25) is 9.59 Å². The maximum atomic E-state index is 12.5. The Morgan fingerprint density at radius 1 is 1.46 bits per heavy atom. The third kappa shape index (κ3) is 3.54. The molecule has 0 spiro atoms. The van der Waals surface area contributed by atoms with Crippen LogP contribution in [-0.4, -0.2) is 18.4 Å². The first kappa shape index (κ1) is 19.7. The molecule has 3 rings (SSSR count). The van der Waals surface area contributed by atoms with E-state index in [4.69, 9.17) is 28.9 Å². The average molecular weight is 524 g/mol. The number of thiophene rings is 1. The normalized spacial score (nSPS) is 18.7. The van der Waals surface area contributed by atoms with Crippen molar-refractivity contribution >= 4 is 79.6 Å². The van der Waals surface area contributed by atoms with Gasteiger partial charge >= 0.3 is 0 Å². The lowest BCUT2D eigenvalue weighted by molar-refractivity contribution is 0.0947. The fourth-order valence-corrected chi connectivity index (χ4v) is 5.20. The van der Waals surface area contributed by atoms with E-state index in [0.717, 1.165) is 14.9 Å². The van der Waals surface area contributed by atoms with Crippen molar-refractivity contribution in [2.45, 2.75) is 19.2 Å². The molecule has 1 atom stereocenters. The minimum atomic E-state index is -0.636. The first-order valence-electron chi connectivity index (χ1n) is 7.72. The smallest absolute Gasteiger partial charge is 0.261 e. The van der Waals surface area contributed by atoms with Gasteiger partial charge in [-0.05, 0) is 40.8 Å². The van der Waals surface area contributed by atoms with E-state index in [-0.39, 0.29) is 11.5 Å². The van der Waals surface area contributed by atoms with Crippen LogP contribution < -0.4 is 16.4 Å². The first-order valence-corrected chi connectivity index (χ1v) is 10.4. The van der Waals surface area contributed by atoms with Crippen molar-refractivity contribution in [2.75, 3.05) is 11.9 Å². The molecule has 0 aliphatic carbocycles. The molecule has 1 aliphatic heterocycles. The van der Waals surface area contributed by atoms with E-state index in [1.807, 2.05) is 26.0 Å². The van der Waals surface area contributed by atoms with Gasteiger partial charge in [-0.25, -0.2) is 0 Å². The minimum Gasteiger partial charge on any atom is -0.365 e. The summed E-state index contributed by atoms with van der Waals surface area (Å²) in [7, 11) is 0. The molecule has 9 heteroatoms. The number of amides is 2. The van der Waals surface area contributed by atoms with E-state index in [2.05, 4.69) is 33.2 Å². The van der Waals surface area contributed by atoms with E-state index in [9.17, 15) is 9.59 Å². The van der Waals surface area contributed by atoms with Gasteiger partial charge in [0.15, 0.2) is 0 Å². The molecule has 0 radical (unpaired) electrons. The predicted molar refractivity (Wildman–Crippen MR) is 115 cm³/mol. The lowest BCUT2D eigenvalue weighted by Gasteiger charge is -2.28. The van der Waals surface area contributed by atoms with Crippen LogP contribution in [0.3, 0.4) is 0 Å². The molecular weight excluding hydrogens is 508 g/mol. The van der Waals surface area contributed by atoms with Gasteiger partial charge in [0.25, 0.3) is 11.8 Å². The van der Waals surface area contributed by atoms with E-state index < -0.39 is 16.7 Å². The minimum absolute atomic E-state index is 0.241. The highest BCUT2D eigenvalue weighted by Gasteiger charge is 2.40. The number of primary amides is 1. The quantitative estimate of drug-likeness (QED) is 0.395. The van der Waals surface area contributed by atoms with Gasteiger partial charge in [-0.2, -0.15) is 0 Å². The summed E-state index contributed by atoms with van der Waals surface area (Å²) >= 11 is 16.3. The number of hydrogen-bond donors (Lipinski definition) is 3. The number of alkyl halides is 1. The number of nitrogens with two attached hydrogens (primary N) is 1. The lowest BCUT2D eigenvalue weighted by atomic mass is 9.84. The molecule has 2 amide bonds. The van der Waals surface area contributed by atoms with Crippen LogP contribution in [0.4, 0.5) is 10.7 Å². The van der Waals surface area contributed by atoms with Crippen LogP contribution in [0.15, 0.2) is 18.2 Å². The molecule has 1 aliphatic rings. The van der Waals surface area contributed by atoms with Gasteiger partial charge in [0.2, 0.25) is 0 Å². The Morgan fingerprint density at radius 3 is 2.77 bits per heavy atom. The second-order valence-corrected chi connectivity index (χ2v) is 9.81. The zero-order valence-corrected chi connectivity index (χ0v) is 18.4. The Morgan fingerprint density at radius 2 is 2.15 bits per heavy atom. The first-order chi connectivity index (χ1) is 12.1. The summed E-state index contributed by atoms with van der Waals surface area (Å²) in [6.07, 6.45) is 0. The molecule has 1 aromatic carbocycles. The van der Waals surface area contributed by atoms with Gasteiger partial charge in [-0.15, -0.1) is 22.9 Å². The van der Waals surface area contributed by atoms with Crippen LogP contribution in [0.1, 0.15) is 44.8 Å². The number of carbonyl (C=O) groups is 2. The van der Waals surface area contributed by atoms with Crippen LogP contribution in [0.25, 0.3) is 0 Å². The fourth-order valence-electron chi connectivity index (χ4n) is 2.77. The topological polar surface area (TPSA) is 84.2 Å². The van der Waals surface area contributed by atoms with Crippen LogP contribution >= 0.6 is 57.1 Å². The molecule has 0 bridgehead atoms. The van der Waals surface area contributed by atoms with E-state index in [0.29, 0.717) is 32.7 Å². The van der Waals surface area contributed by atoms with Crippen molar-refractivity contribution < 1.29 is 9.59 Å². The molecule has 0 saturated heterocycles. The molecule has 1 aromatic heterocycles. The van der Waals surface area contributed by atoms with Gasteiger partial charge in [0.1, 0.15) is 5.00 Å². The summed E-state index contributed by atoms with van der Waals surface area (Å²) in [6, 6.07) is 5.49. The van der Waals surface area contributed by atoms with Crippen LogP contribution in [0, 0.1) is 8.99 Å². The van der Waals surface area contributed by atoms with Crippen LogP contribution in [0.2, 0.25) is 5.02 Å². The van der Waals surface area contributed by atoms with E-state index in [1.54, 1.807) is 6.07 Å². The summed E-state index contributed by atoms with van der Waals surface area (Å²) < 4.78 is 0.984. The monoisotopic (exact) mass is 523 g/mol. The number of anilines is 2. The number of fused-ring (bicyclic) bond motifs is 1. The molecule has 5 nitrogen and oxygen atoms in total. The summed E-state index contributed by atoms with van der Waals surface area (Å²) in [4.78, 5) is 25.1. The second kappa shape index (κ2) is 7.18. The highest BCUT2D eigenvalue weighted by Crippen LogP contribution is 2.49. The van der Waals surface area contributed by atoms with Gasteiger partial charge in [0, 0.05) is 21.1 Å². The molecule has 2 heterocycles. The number of nitrogens with one attached hydrogen (secondary N) is 2. The van der Waals surface area contributed by atoms with Crippen molar-refractivity contribution in [1.82, 2.24) is 5.32 Å². The Balaban J connectivity index is 2.16. The zero-order chi connectivity index (χ0) is 19.2. The molecule has 0 saturated carbocycles. The number of hydrogen-bond acceptors (Lipinski definition) is 4. The highest BCUT2D eigenvalue weighted by atomic mass is 127. The van der Waals surface area contributed by atoms with Crippen molar-refractivity contribution in [2.24, 2.45) is 11.1 Å². The Hall–Kier alpha value is -1.03. The maximum Gasteiger partial charge on any atom is 0.261 e. The standard InChI is InChI=1S/C17H16Cl2IN3O2S/c1-17(2)6-22-15(25)12-10(13(17)19)11(14(21)24)16(26-12)23-9-4-3-7(20)5-8(9)18/h3-5,13,23H,6H2,1-2H3,(H2,21,24)(H,22,25). The molecular formula is C17H16Cl2IN3O2S. The summed E-state index contributed by atoms with van der Waals surface area (Å²) in [5.74, 6) is -0.895. The number of benzene rings is 1. The third-order valence-electron chi connectivity index (χ3n) is 4.22. The number of halogens is 3. The van der Waals surface area contributed by atoms with Crippen molar-refractivity contribution in [3.8, 4) is 0 Å². The van der Waals surface area contributed by atoms with Crippen molar-refractivity contribution in [3.63, 3.8) is 0 Å². The second-order valence-electron chi connectivity index (χ2n) is 6.70. The van der Waals surface area contributed by atoms with Gasteiger partial charge in [-0.1, -0.05) is 25.4 Å². The van der Waals surface area contributed by atoms with Crippen molar-refractivity contribution in [1.29, 1.82) is 0 Å². The third-order valence-corrected chi connectivity index (χ3v) is 7.13. The molecule has 1 unspecified atom stereocenters. The van der Waals surface area contributed by atoms with Gasteiger partial charge < -0.3 is 16.4 Å². The van der Waals surface area contributed by atoms with Crippen LogP contribution in [0.5, 0.6) is 0 Å². The predicted octanol–water partition coefficient (Wildman–Crippen LogP) is 4.90. The van der Waals surface area contributed by atoms with Crippen LogP contribution in [-0.2, 0) is 0 Å². The fraction of sp³-hybridized carbons (Fsp3) is 0.294. The Bertz CT molecular complexity index is 914. The SMILES string of the molecule is CC1(C)CNC(=O)c2sc(Nc3ccc(I)cc3Cl)c(C(N)=O)c2C1Cl. The largest absolute Gasteiger partial charge is 0.365 e. The highest BCUT2D eigenvalue weighted by molar-refractivity contribution is 14.1. The molecule has 26 heavy (non-hydrogen) atoms. The summed E-state index contributed by atoms with van der Waals surface area (Å²) in [5, 5.41) is 6.42. The molecule has 4 N–H and O–H groups in total. The molecule has 2 aromatic rings. The van der Waals surface area contributed by atoms with Crippen molar-refractivity contribution in [3.05, 3.63) is 42.8 Å². The summed E-state index contributed by atoms with van der Waals surface area (Å²) in [6.45, 7) is 4.28. The molecule has 0 fully saturated rings. The van der Waals surface area contributed by atoms with E-state index >= 15 is 0 Å². The Labute approximate surface area is 178 Å². The Kier molecular flexibility index (Phi) is 5.45.